The lowest BCUT2D eigenvalue weighted by Crippen LogP contribution is -2.40. The first-order valence-corrected chi connectivity index (χ1v) is 9.81. The number of carbonyl (C=O) groups is 1. The lowest BCUT2D eigenvalue weighted by atomic mass is 10.0. The quantitative estimate of drug-likeness (QED) is 0.548. The molecule has 160 valence electrons. The van der Waals surface area contributed by atoms with E-state index in [1.807, 2.05) is 22.9 Å². The van der Waals surface area contributed by atoms with Crippen LogP contribution < -0.4 is 0 Å². The number of ether oxygens (including phenoxy) is 1. The fraction of sp³-hybridized carbons (Fsp3) is 0.500. The fourth-order valence-corrected chi connectivity index (χ4v) is 3.09. The largest absolute Gasteiger partial charge is 0.465 e. The predicted molar refractivity (Wildman–Crippen MR) is 106 cm³/mol. The van der Waals surface area contributed by atoms with Crippen molar-refractivity contribution in [3.63, 3.8) is 0 Å². The summed E-state index contributed by atoms with van der Waals surface area (Å²) in [6.07, 6.45) is -2.44. The molecule has 1 unspecified atom stereocenters. The molecule has 1 aromatic heterocycles. The molecule has 1 aromatic carbocycles. The van der Waals surface area contributed by atoms with Crippen molar-refractivity contribution in [2.24, 2.45) is 5.92 Å². The van der Waals surface area contributed by atoms with Gasteiger partial charge in [0.15, 0.2) is 0 Å². The first-order chi connectivity index (χ1) is 13.6. The molecule has 0 aliphatic rings. The number of alkyl halides is 3. The van der Waals surface area contributed by atoms with Crippen LogP contribution in [0.25, 0.3) is 0 Å². The van der Waals surface area contributed by atoms with E-state index in [4.69, 9.17) is 4.74 Å². The Morgan fingerprint density at radius 2 is 1.79 bits per heavy atom. The van der Waals surface area contributed by atoms with Gasteiger partial charge in [-0.15, -0.1) is 0 Å². The molecule has 2 aromatic rings. The Morgan fingerprint density at radius 1 is 1.14 bits per heavy atom. The predicted octanol–water partition coefficient (Wildman–Crippen LogP) is 4.96. The summed E-state index contributed by atoms with van der Waals surface area (Å²) < 4.78 is 45.4. The molecular formula is C22H29F3N2O2. The van der Waals surface area contributed by atoms with Gasteiger partial charge in [-0.25, -0.2) is 0 Å². The number of carbonyl (C=O) groups excluding carboxylic acids is 1. The van der Waals surface area contributed by atoms with E-state index in [9.17, 15) is 18.0 Å². The van der Waals surface area contributed by atoms with Gasteiger partial charge in [0.1, 0.15) is 0 Å². The molecule has 0 aliphatic heterocycles. The molecule has 0 N–H and O–H groups in total. The summed E-state index contributed by atoms with van der Waals surface area (Å²) in [5.74, 6) is 0.0867. The maximum atomic E-state index is 12.8. The number of hydrogen-bond donors (Lipinski definition) is 0. The number of halogens is 3. The van der Waals surface area contributed by atoms with Crippen LogP contribution in [-0.2, 0) is 28.8 Å². The Bertz CT molecular complexity index is 782. The molecule has 2 rings (SSSR count). The highest BCUT2D eigenvalue weighted by Gasteiger charge is 2.30. The highest BCUT2D eigenvalue weighted by Crippen LogP contribution is 2.29. The number of nitrogens with zero attached hydrogens (tertiary/aromatic N) is 2. The van der Waals surface area contributed by atoms with E-state index in [0.29, 0.717) is 25.6 Å². The Hall–Kier alpha value is -2.28. The van der Waals surface area contributed by atoms with E-state index in [1.54, 1.807) is 6.92 Å². The topological polar surface area (TPSA) is 34.5 Å². The summed E-state index contributed by atoms with van der Waals surface area (Å²) in [6.45, 7) is 9.60. The van der Waals surface area contributed by atoms with Gasteiger partial charge in [-0.2, -0.15) is 13.2 Å². The van der Waals surface area contributed by atoms with Crippen LogP contribution in [0.4, 0.5) is 13.2 Å². The van der Waals surface area contributed by atoms with Crippen LogP contribution in [0.15, 0.2) is 42.6 Å². The third kappa shape index (κ3) is 6.63. The summed E-state index contributed by atoms with van der Waals surface area (Å²) in [5, 5.41) is 0. The third-order valence-electron chi connectivity index (χ3n) is 5.10. The molecule has 0 amide bonds. The second-order valence-corrected chi connectivity index (χ2v) is 7.52. The molecule has 0 radical (unpaired) electrons. The highest BCUT2D eigenvalue weighted by molar-refractivity contribution is 5.71. The Morgan fingerprint density at radius 3 is 2.34 bits per heavy atom. The molecule has 1 heterocycles. The monoisotopic (exact) mass is 410 g/mol. The number of benzene rings is 1. The van der Waals surface area contributed by atoms with E-state index in [2.05, 4.69) is 25.7 Å². The molecular weight excluding hydrogens is 381 g/mol. The van der Waals surface area contributed by atoms with Crippen molar-refractivity contribution >= 4 is 5.97 Å². The van der Waals surface area contributed by atoms with E-state index >= 15 is 0 Å². The standard InChI is InChI=1S/C22H29F3N2O2/c1-5-29-21(28)15-27(17(4)16(2)3)14-20-7-6-12-26(20)13-18-8-10-19(11-9-18)22(23,24)25/h6-12,16-17H,5,13-15H2,1-4H3. The van der Waals surface area contributed by atoms with Gasteiger partial charge < -0.3 is 9.30 Å². The highest BCUT2D eigenvalue weighted by atomic mass is 19.4. The van der Waals surface area contributed by atoms with Gasteiger partial charge in [-0.1, -0.05) is 26.0 Å². The van der Waals surface area contributed by atoms with E-state index in [1.165, 1.54) is 12.1 Å². The van der Waals surface area contributed by atoms with Crippen LogP contribution in [0, 0.1) is 5.92 Å². The van der Waals surface area contributed by atoms with E-state index < -0.39 is 11.7 Å². The van der Waals surface area contributed by atoms with Crippen LogP contribution in [0.2, 0.25) is 0 Å². The third-order valence-corrected chi connectivity index (χ3v) is 5.10. The van der Waals surface area contributed by atoms with Gasteiger partial charge in [-0.3, -0.25) is 9.69 Å². The second-order valence-electron chi connectivity index (χ2n) is 7.52. The summed E-state index contributed by atoms with van der Waals surface area (Å²) in [6, 6.07) is 9.24. The van der Waals surface area contributed by atoms with Crippen molar-refractivity contribution in [1.82, 2.24) is 9.47 Å². The molecule has 0 bridgehead atoms. The Kier molecular flexibility index (Phi) is 7.90. The number of rotatable bonds is 9. The second kappa shape index (κ2) is 9.96. The SMILES string of the molecule is CCOC(=O)CN(Cc1cccn1Cc1ccc(C(F)(F)F)cc1)C(C)C(C)C. The van der Waals surface area contributed by atoms with Gasteiger partial charge in [-0.05, 0) is 49.6 Å². The van der Waals surface area contributed by atoms with E-state index in [-0.39, 0.29) is 18.6 Å². The van der Waals surface area contributed by atoms with Crippen molar-refractivity contribution in [2.45, 2.75) is 53.0 Å². The summed E-state index contributed by atoms with van der Waals surface area (Å²) in [4.78, 5) is 14.1. The van der Waals surface area contributed by atoms with Crippen molar-refractivity contribution in [1.29, 1.82) is 0 Å². The minimum absolute atomic E-state index is 0.161. The molecule has 29 heavy (non-hydrogen) atoms. The molecule has 0 saturated heterocycles. The first kappa shape index (κ1) is 23.0. The van der Waals surface area contributed by atoms with Crippen LogP contribution in [-0.4, -0.2) is 34.6 Å². The fourth-order valence-electron chi connectivity index (χ4n) is 3.09. The van der Waals surface area contributed by atoms with Gasteiger partial charge in [0.2, 0.25) is 0 Å². The zero-order chi connectivity index (χ0) is 21.6. The normalized spacial score (nSPS) is 13.1. The van der Waals surface area contributed by atoms with Crippen LogP contribution in [0.1, 0.15) is 44.5 Å². The molecule has 7 heteroatoms. The molecule has 0 fully saturated rings. The maximum absolute atomic E-state index is 12.8. The van der Waals surface area contributed by atoms with Gasteiger partial charge in [0, 0.05) is 31.0 Å². The van der Waals surface area contributed by atoms with Crippen LogP contribution >= 0.6 is 0 Å². The number of aromatic nitrogens is 1. The Balaban J connectivity index is 2.15. The first-order valence-electron chi connectivity index (χ1n) is 9.81. The zero-order valence-corrected chi connectivity index (χ0v) is 17.4. The van der Waals surface area contributed by atoms with Gasteiger partial charge in [0.05, 0.1) is 18.7 Å². The molecule has 4 nitrogen and oxygen atoms in total. The van der Waals surface area contributed by atoms with Crippen LogP contribution in [0.3, 0.4) is 0 Å². The summed E-state index contributed by atoms with van der Waals surface area (Å²) in [5.41, 5.74) is 1.12. The lowest BCUT2D eigenvalue weighted by Gasteiger charge is -2.31. The summed E-state index contributed by atoms with van der Waals surface area (Å²) in [7, 11) is 0. The van der Waals surface area contributed by atoms with Crippen molar-refractivity contribution in [2.75, 3.05) is 13.2 Å². The summed E-state index contributed by atoms with van der Waals surface area (Å²) >= 11 is 0. The van der Waals surface area contributed by atoms with Crippen molar-refractivity contribution in [3.05, 3.63) is 59.4 Å². The molecule has 1 atom stereocenters. The minimum Gasteiger partial charge on any atom is -0.465 e. The number of esters is 1. The number of hydrogen-bond acceptors (Lipinski definition) is 3. The van der Waals surface area contributed by atoms with Crippen LogP contribution in [0.5, 0.6) is 0 Å². The molecule has 0 aliphatic carbocycles. The minimum atomic E-state index is -4.34. The smallest absolute Gasteiger partial charge is 0.416 e. The van der Waals surface area contributed by atoms with Gasteiger partial charge in [0.25, 0.3) is 0 Å². The van der Waals surface area contributed by atoms with Gasteiger partial charge >= 0.3 is 12.1 Å². The molecule has 0 saturated carbocycles. The maximum Gasteiger partial charge on any atom is 0.416 e. The molecule has 0 spiro atoms. The average molecular weight is 410 g/mol. The van der Waals surface area contributed by atoms with Crippen molar-refractivity contribution in [3.8, 4) is 0 Å². The van der Waals surface area contributed by atoms with Crippen molar-refractivity contribution < 1.29 is 22.7 Å². The zero-order valence-electron chi connectivity index (χ0n) is 17.4. The average Bonchev–Trinajstić information content (AvgIpc) is 3.07. The van der Waals surface area contributed by atoms with E-state index in [0.717, 1.165) is 23.4 Å². The Labute approximate surface area is 170 Å². The lowest BCUT2D eigenvalue weighted by molar-refractivity contribution is -0.145.